The molecule has 10 heteroatoms. The Balaban J connectivity index is 2.12. The summed E-state index contributed by atoms with van der Waals surface area (Å²) in [6, 6.07) is 0. The van der Waals surface area contributed by atoms with E-state index >= 15 is 0 Å². The number of hydrogen-bond acceptors (Lipinski definition) is 9. The Morgan fingerprint density at radius 2 is 1.93 bits per heavy atom. The summed E-state index contributed by atoms with van der Waals surface area (Å²) in [7, 11) is 0. The van der Waals surface area contributed by atoms with Gasteiger partial charge in [-0.1, -0.05) is 6.08 Å². The second kappa shape index (κ2) is 6.21. The SMILES string of the molecule is C=CCONc1ncnc2c1ncn2C1(C)OC(C)(CO)C(C)(O)C1(C)O. The van der Waals surface area contributed by atoms with E-state index in [-0.39, 0.29) is 6.61 Å². The number of aromatic nitrogens is 4. The van der Waals surface area contributed by atoms with Crippen molar-refractivity contribution < 1.29 is 24.9 Å². The molecule has 0 radical (unpaired) electrons. The number of anilines is 1. The van der Waals surface area contributed by atoms with Crippen LogP contribution in [0.5, 0.6) is 0 Å². The average Bonchev–Trinajstić information content (AvgIpc) is 3.10. The van der Waals surface area contributed by atoms with Crippen LogP contribution in [-0.4, -0.2) is 64.9 Å². The maximum Gasteiger partial charge on any atom is 0.181 e. The van der Waals surface area contributed by atoms with Crippen LogP contribution < -0.4 is 5.48 Å². The first kappa shape index (κ1) is 19.6. The third kappa shape index (κ3) is 2.48. The van der Waals surface area contributed by atoms with Crippen LogP contribution in [0.15, 0.2) is 25.3 Å². The van der Waals surface area contributed by atoms with E-state index < -0.39 is 29.1 Å². The van der Waals surface area contributed by atoms with Crippen molar-refractivity contribution in [2.45, 2.75) is 50.2 Å². The number of hydrogen-bond donors (Lipinski definition) is 4. The maximum atomic E-state index is 11.3. The summed E-state index contributed by atoms with van der Waals surface area (Å²) >= 11 is 0. The van der Waals surface area contributed by atoms with Crippen molar-refractivity contribution in [3.05, 3.63) is 25.3 Å². The van der Waals surface area contributed by atoms with Crippen LogP contribution in [0, 0.1) is 0 Å². The first-order chi connectivity index (χ1) is 12.6. The first-order valence-corrected chi connectivity index (χ1v) is 8.49. The van der Waals surface area contributed by atoms with Gasteiger partial charge in [0.2, 0.25) is 0 Å². The van der Waals surface area contributed by atoms with Crippen LogP contribution in [0.25, 0.3) is 11.2 Å². The first-order valence-electron chi connectivity index (χ1n) is 8.49. The standard InChI is InChI=1S/C17H25N5O5/c1-6-7-26-21-12-11-13(19-9-18-12)22(10-20-11)17(5)16(4,25)15(3,24)14(2,8-23)27-17/h6,9-10,23-25H,1,7-8H2,2-5H3,(H,18,19,21). The number of aliphatic hydroxyl groups excluding tert-OH is 1. The minimum atomic E-state index is -1.79. The Morgan fingerprint density at radius 3 is 2.52 bits per heavy atom. The Morgan fingerprint density at radius 1 is 1.22 bits per heavy atom. The molecule has 1 aliphatic heterocycles. The van der Waals surface area contributed by atoms with Crippen LogP contribution in [0.2, 0.25) is 0 Å². The maximum absolute atomic E-state index is 11.3. The van der Waals surface area contributed by atoms with E-state index in [1.807, 2.05) is 0 Å². The summed E-state index contributed by atoms with van der Waals surface area (Å²) in [5.74, 6) is 0.332. The molecule has 3 heterocycles. The quantitative estimate of drug-likeness (QED) is 0.318. The van der Waals surface area contributed by atoms with Gasteiger partial charge in [0, 0.05) is 0 Å². The highest BCUT2D eigenvalue weighted by Gasteiger charge is 2.72. The van der Waals surface area contributed by atoms with E-state index in [4.69, 9.17) is 9.57 Å². The summed E-state index contributed by atoms with van der Waals surface area (Å²) in [6.45, 7) is 9.36. The molecule has 0 aliphatic carbocycles. The molecule has 27 heavy (non-hydrogen) atoms. The molecule has 10 nitrogen and oxygen atoms in total. The van der Waals surface area contributed by atoms with Gasteiger partial charge in [-0.2, -0.15) is 0 Å². The fraction of sp³-hybridized carbons (Fsp3) is 0.588. The zero-order valence-electron chi connectivity index (χ0n) is 15.8. The van der Waals surface area contributed by atoms with Crippen molar-refractivity contribution in [3.8, 4) is 0 Å². The zero-order valence-corrected chi connectivity index (χ0v) is 15.8. The molecule has 148 valence electrons. The molecule has 0 bridgehead atoms. The molecule has 1 aliphatic rings. The number of fused-ring (bicyclic) bond motifs is 1. The Bertz CT molecular complexity index is 867. The van der Waals surface area contributed by atoms with Gasteiger partial charge in [-0.3, -0.25) is 9.40 Å². The summed E-state index contributed by atoms with van der Waals surface area (Å²) in [5.41, 5.74) is -3.02. The fourth-order valence-corrected chi connectivity index (χ4v) is 3.46. The number of rotatable bonds is 6. The smallest absolute Gasteiger partial charge is 0.181 e. The molecular weight excluding hydrogens is 354 g/mol. The van der Waals surface area contributed by atoms with Gasteiger partial charge >= 0.3 is 0 Å². The highest BCUT2D eigenvalue weighted by atomic mass is 16.6. The van der Waals surface area contributed by atoms with Gasteiger partial charge < -0.3 is 20.1 Å². The van der Waals surface area contributed by atoms with Gasteiger partial charge in [0.15, 0.2) is 22.7 Å². The van der Waals surface area contributed by atoms with Crippen LogP contribution in [0.1, 0.15) is 27.7 Å². The Kier molecular flexibility index (Phi) is 4.52. The predicted octanol–water partition coefficient (Wildman–Crippen LogP) is 0.312. The van der Waals surface area contributed by atoms with E-state index in [0.717, 1.165) is 0 Å². The molecule has 4 unspecified atom stereocenters. The van der Waals surface area contributed by atoms with Crippen molar-refractivity contribution in [1.82, 2.24) is 19.5 Å². The van der Waals surface area contributed by atoms with Crippen molar-refractivity contribution in [3.63, 3.8) is 0 Å². The van der Waals surface area contributed by atoms with Crippen molar-refractivity contribution >= 4 is 17.0 Å². The number of aliphatic hydroxyl groups is 3. The highest BCUT2D eigenvalue weighted by molar-refractivity contribution is 5.82. The minimum Gasteiger partial charge on any atom is -0.393 e. The lowest BCUT2D eigenvalue weighted by Crippen LogP contribution is -2.63. The lowest BCUT2D eigenvalue weighted by molar-refractivity contribution is -0.192. The second-order valence-electron chi connectivity index (χ2n) is 7.33. The summed E-state index contributed by atoms with van der Waals surface area (Å²) < 4.78 is 7.57. The summed E-state index contributed by atoms with van der Waals surface area (Å²) in [5, 5.41) is 32.1. The summed E-state index contributed by atoms with van der Waals surface area (Å²) in [4.78, 5) is 17.9. The normalized spacial score (nSPS) is 36.3. The largest absolute Gasteiger partial charge is 0.393 e. The van der Waals surface area contributed by atoms with Crippen LogP contribution >= 0.6 is 0 Å². The predicted molar refractivity (Wildman–Crippen MR) is 96.6 cm³/mol. The average molecular weight is 379 g/mol. The second-order valence-corrected chi connectivity index (χ2v) is 7.33. The van der Waals surface area contributed by atoms with Gasteiger partial charge in [0.05, 0.1) is 19.5 Å². The number of imidazole rings is 1. The van der Waals surface area contributed by atoms with Crippen LogP contribution in [0.4, 0.5) is 5.82 Å². The van der Waals surface area contributed by atoms with E-state index in [2.05, 4.69) is 27.0 Å². The molecule has 0 aromatic carbocycles. The van der Waals surface area contributed by atoms with Crippen molar-refractivity contribution in [2.24, 2.45) is 0 Å². The molecule has 4 N–H and O–H groups in total. The van der Waals surface area contributed by atoms with Gasteiger partial charge in [-0.15, -0.1) is 6.58 Å². The van der Waals surface area contributed by atoms with Gasteiger partial charge in [-0.05, 0) is 27.7 Å². The molecule has 2 aromatic rings. The lowest BCUT2D eigenvalue weighted by Gasteiger charge is -2.42. The van der Waals surface area contributed by atoms with E-state index in [1.165, 1.54) is 38.0 Å². The molecule has 2 aromatic heterocycles. The molecule has 0 spiro atoms. The van der Waals surface area contributed by atoms with E-state index in [1.54, 1.807) is 13.0 Å². The Labute approximate surface area is 156 Å². The summed E-state index contributed by atoms with van der Waals surface area (Å²) in [6.07, 6.45) is 4.33. The van der Waals surface area contributed by atoms with Gasteiger partial charge in [0.1, 0.15) is 23.1 Å². The molecule has 0 saturated carbocycles. The lowest BCUT2D eigenvalue weighted by atomic mass is 9.73. The van der Waals surface area contributed by atoms with Crippen LogP contribution in [-0.2, 0) is 15.3 Å². The van der Waals surface area contributed by atoms with E-state index in [9.17, 15) is 15.3 Å². The Hall–Kier alpha value is -2.11. The number of nitrogens with zero attached hydrogens (tertiary/aromatic N) is 4. The zero-order chi connectivity index (χ0) is 20.1. The van der Waals surface area contributed by atoms with Gasteiger partial charge in [0.25, 0.3) is 0 Å². The monoisotopic (exact) mass is 379 g/mol. The fourth-order valence-electron chi connectivity index (χ4n) is 3.46. The number of ether oxygens (including phenoxy) is 1. The van der Waals surface area contributed by atoms with Crippen molar-refractivity contribution in [1.29, 1.82) is 0 Å². The van der Waals surface area contributed by atoms with Crippen molar-refractivity contribution in [2.75, 3.05) is 18.7 Å². The molecule has 1 fully saturated rings. The van der Waals surface area contributed by atoms with Crippen LogP contribution in [0.3, 0.4) is 0 Å². The van der Waals surface area contributed by atoms with Gasteiger partial charge in [-0.25, -0.2) is 20.4 Å². The topological polar surface area (TPSA) is 135 Å². The molecule has 0 amide bonds. The van der Waals surface area contributed by atoms with E-state index in [0.29, 0.717) is 17.0 Å². The molecule has 3 rings (SSSR count). The molecule has 4 atom stereocenters. The highest BCUT2D eigenvalue weighted by Crippen LogP contribution is 2.54. The minimum absolute atomic E-state index is 0.263. The third-order valence-corrected chi connectivity index (χ3v) is 5.77. The number of nitrogens with one attached hydrogen (secondary N) is 1. The third-order valence-electron chi connectivity index (χ3n) is 5.77. The molecule has 1 saturated heterocycles. The molecular formula is C17H25N5O5.